The second kappa shape index (κ2) is 5.59. The zero-order valence-corrected chi connectivity index (χ0v) is 10.3. The van der Waals surface area contributed by atoms with Crippen molar-refractivity contribution in [3.05, 3.63) is 47.5 Å². The maximum atomic E-state index is 4.27. The molecule has 4 nitrogen and oxygen atoms in total. The van der Waals surface area contributed by atoms with Crippen LogP contribution < -0.4 is 5.32 Å². The Labute approximate surface area is 102 Å². The number of aromatic nitrogens is 3. The minimum atomic E-state index is 0.835. The fourth-order valence-corrected chi connectivity index (χ4v) is 1.73. The number of nitrogens with one attached hydrogen (secondary N) is 1. The lowest BCUT2D eigenvalue weighted by atomic mass is 10.2. The second-order valence-electron chi connectivity index (χ2n) is 4.05. The van der Waals surface area contributed by atoms with Crippen LogP contribution in [0.2, 0.25) is 0 Å². The molecule has 17 heavy (non-hydrogen) atoms. The van der Waals surface area contributed by atoms with E-state index in [4.69, 9.17) is 0 Å². The van der Waals surface area contributed by atoms with Crippen molar-refractivity contribution in [1.82, 2.24) is 20.1 Å². The van der Waals surface area contributed by atoms with E-state index in [1.54, 1.807) is 0 Å². The van der Waals surface area contributed by atoms with Gasteiger partial charge in [-0.25, -0.2) is 0 Å². The molecule has 1 N–H and O–H groups in total. The molecule has 0 aliphatic heterocycles. The summed E-state index contributed by atoms with van der Waals surface area (Å²) in [6.45, 7) is 6.68. The highest BCUT2D eigenvalue weighted by molar-refractivity contribution is 5.13. The van der Waals surface area contributed by atoms with Crippen molar-refractivity contribution < 1.29 is 0 Å². The van der Waals surface area contributed by atoms with E-state index < -0.39 is 0 Å². The van der Waals surface area contributed by atoms with Crippen LogP contribution in [-0.4, -0.2) is 14.8 Å². The SMILES string of the molecule is CCn1nccc1CNCc1ccc(C)nc1. The van der Waals surface area contributed by atoms with Crippen molar-refractivity contribution in [1.29, 1.82) is 0 Å². The van der Waals surface area contributed by atoms with Gasteiger partial charge < -0.3 is 5.32 Å². The molecule has 0 aliphatic carbocycles. The van der Waals surface area contributed by atoms with Gasteiger partial charge in [-0.05, 0) is 31.5 Å². The van der Waals surface area contributed by atoms with E-state index in [-0.39, 0.29) is 0 Å². The maximum Gasteiger partial charge on any atom is 0.0522 e. The van der Waals surface area contributed by atoms with Gasteiger partial charge in [-0.15, -0.1) is 0 Å². The lowest BCUT2D eigenvalue weighted by Crippen LogP contribution is -2.16. The summed E-state index contributed by atoms with van der Waals surface area (Å²) in [7, 11) is 0. The summed E-state index contributed by atoms with van der Waals surface area (Å²) in [5.41, 5.74) is 3.48. The Morgan fingerprint density at radius 1 is 1.24 bits per heavy atom. The first-order chi connectivity index (χ1) is 8.29. The molecule has 4 heteroatoms. The van der Waals surface area contributed by atoms with E-state index in [2.05, 4.69) is 28.4 Å². The molecule has 2 heterocycles. The molecular formula is C13H18N4. The van der Waals surface area contributed by atoms with Gasteiger partial charge in [0.05, 0.1) is 5.69 Å². The van der Waals surface area contributed by atoms with Crippen molar-refractivity contribution in [3.63, 3.8) is 0 Å². The predicted octanol–water partition coefficient (Wildman–Crippen LogP) is 1.90. The molecule has 0 saturated heterocycles. The van der Waals surface area contributed by atoms with Crippen LogP contribution in [0, 0.1) is 6.92 Å². The van der Waals surface area contributed by atoms with Crippen molar-refractivity contribution in [2.75, 3.05) is 0 Å². The van der Waals surface area contributed by atoms with Gasteiger partial charge in [0.25, 0.3) is 0 Å². The molecule has 0 amide bonds. The third-order valence-electron chi connectivity index (χ3n) is 2.71. The lowest BCUT2D eigenvalue weighted by Gasteiger charge is -2.06. The molecule has 90 valence electrons. The smallest absolute Gasteiger partial charge is 0.0522 e. The van der Waals surface area contributed by atoms with Gasteiger partial charge >= 0.3 is 0 Å². The van der Waals surface area contributed by atoms with Gasteiger partial charge in [-0.2, -0.15) is 5.10 Å². The Morgan fingerprint density at radius 2 is 2.12 bits per heavy atom. The number of hydrogen-bond donors (Lipinski definition) is 1. The standard InChI is InChI=1S/C13H18N4/c1-3-17-13(6-7-16-17)10-14-8-12-5-4-11(2)15-9-12/h4-7,9,14H,3,8,10H2,1-2H3. The zero-order valence-electron chi connectivity index (χ0n) is 10.3. The summed E-state index contributed by atoms with van der Waals surface area (Å²) in [4.78, 5) is 4.27. The summed E-state index contributed by atoms with van der Waals surface area (Å²) in [6.07, 6.45) is 3.76. The molecular weight excluding hydrogens is 212 g/mol. The number of nitrogens with zero attached hydrogens (tertiary/aromatic N) is 3. The van der Waals surface area contributed by atoms with E-state index in [9.17, 15) is 0 Å². The monoisotopic (exact) mass is 230 g/mol. The highest BCUT2D eigenvalue weighted by atomic mass is 15.3. The van der Waals surface area contributed by atoms with Crippen LogP contribution in [-0.2, 0) is 19.6 Å². The fraction of sp³-hybridized carbons (Fsp3) is 0.385. The third kappa shape index (κ3) is 3.14. The Morgan fingerprint density at radius 3 is 2.82 bits per heavy atom. The minimum absolute atomic E-state index is 0.835. The van der Waals surface area contributed by atoms with Crippen LogP contribution in [0.4, 0.5) is 0 Å². The second-order valence-corrected chi connectivity index (χ2v) is 4.05. The maximum absolute atomic E-state index is 4.27. The van der Waals surface area contributed by atoms with Crippen LogP contribution in [0.25, 0.3) is 0 Å². The molecule has 2 aromatic rings. The minimum Gasteiger partial charge on any atom is -0.307 e. The number of aryl methyl sites for hydroxylation is 2. The van der Waals surface area contributed by atoms with Crippen LogP contribution in [0.5, 0.6) is 0 Å². The Balaban J connectivity index is 1.85. The van der Waals surface area contributed by atoms with E-state index in [1.807, 2.05) is 36.1 Å². The topological polar surface area (TPSA) is 42.7 Å². The third-order valence-corrected chi connectivity index (χ3v) is 2.71. The Kier molecular flexibility index (Phi) is 3.88. The van der Waals surface area contributed by atoms with Crippen molar-refractivity contribution >= 4 is 0 Å². The van der Waals surface area contributed by atoms with Gasteiger partial charge in [0.2, 0.25) is 0 Å². The highest BCUT2D eigenvalue weighted by Crippen LogP contribution is 2.01. The van der Waals surface area contributed by atoms with E-state index in [1.165, 1.54) is 11.3 Å². The summed E-state index contributed by atoms with van der Waals surface area (Å²) >= 11 is 0. The number of hydrogen-bond acceptors (Lipinski definition) is 3. The van der Waals surface area contributed by atoms with Crippen LogP contribution in [0.15, 0.2) is 30.6 Å². The van der Waals surface area contributed by atoms with Crippen molar-refractivity contribution in [2.24, 2.45) is 0 Å². The summed E-state index contributed by atoms with van der Waals surface area (Å²) in [5.74, 6) is 0. The molecule has 0 saturated carbocycles. The molecule has 0 fully saturated rings. The van der Waals surface area contributed by atoms with E-state index in [0.717, 1.165) is 25.3 Å². The molecule has 0 unspecified atom stereocenters. The van der Waals surface area contributed by atoms with Gasteiger partial charge in [-0.1, -0.05) is 6.07 Å². The van der Waals surface area contributed by atoms with Crippen LogP contribution in [0.1, 0.15) is 23.9 Å². The fourth-order valence-electron chi connectivity index (χ4n) is 1.73. The first kappa shape index (κ1) is 11.8. The average Bonchev–Trinajstić information content (AvgIpc) is 2.79. The number of rotatable bonds is 5. The Bertz CT molecular complexity index is 459. The first-order valence-corrected chi connectivity index (χ1v) is 5.92. The highest BCUT2D eigenvalue weighted by Gasteiger charge is 2.00. The lowest BCUT2D eigenvalue weighted by molar-refractivity contribution is 0.581. The van der Waals surface area contributed by atoms with Gasteiger partial charge in [0.15, 0.2) is 0 Å². The van der Waals surface area contributed by atoms with Crippen LogP contribution >= 0.6 is 0 Å². The molecule has 0 aromatic carbocycles. The van der Waals surface area contributed by atoms with Crippen molar-refractivity contribution in [2.45, 2.75) is 33.5 Å². The van der Waals surface area contributed by atoms with Crippen LogP contribution in [0.3, 0.4) is 0 Å². The molecule has 0 aliphatic rings. The summed E-state index contributed by atoms with van der Waals surface area (Å²) in [5, 5.41) is 7.63. The molecule has 2 aromatic heterocycles. The first-order valence-electron chi connectivity index (χ1n) is 5.92. The van der Waals surface area contributed by atoms with Gasteiger partial charge in [0, 0.05) is 37.7 Å². The predicted molar refractivity (Wildman–Crippen MR) is 67.4 cm³/mol. The average molecular weight is 230 g/mol. The quantitative estimate of drug-likeness (QED) is 0.853. The number of pyridine rings is 1. The van der Waals surface area contributed by atoms with Gasteiger partial charge in [-0.3, -0.25) is 9.67 Å². The Hall–Kier alpha value is -1.68. The van der Waals surface area contributed by atoms with E-state index in [0.29, 0.717) is 0 Å². The molecule has 0 radical (unpaired) electrons. The summed E-state index contributed by atoms with van der Waals surface area (Å²) < 4.78 is 2.00. The molecule has 0 atom stereocenters. The normalized spacial score (nSPS) is 10.7. The van der Waals surface area contributed by atoms with Crippen molar-refractivity contribution in [3.8, 4) is 0 Å². The molecule has 0 spiro atoms. The van der Waals surface area contributed by atoms with Gasteiger partial charge in [0.1, 0.15) is 0 Å². The molecule has 0 bridgehead atoms. The van der Waals surface area contributed by atoms with E-state index >= 15 is 0 Å². The molecule has 2 rings (SSSR count). The summed E-state index contributed by atoms with van der Waals surface area (Å²) in [6, 6.07) is 6.18. The zero-order chi connectivity index (χ0) is 12.1. The largest absolute Gasteiger partial charge is 0.307 e.